The Morgan fingerprint density at radius 1 is 1.00 bits per heavy atom. The van der Waals surface area contributed by atoms with Crippen LogP contribution in [-0.4, -0.2) is 30.6 Å². The number of urea groups is 1. The van der Waals surface area contributed by atoms with Gasteiger partial charge < -0.3 is 10.2 Å². The average molecular weight is 336 g/mol. The molecule has 2 aromatic rings. The molecule has 0 radical (unpaired) electrons. The third-order valence-electron chi connectivity index (χ3n) is 4.99. The summed E-state index contributed by atoms with van der Waals surface area (Å²) in [4.78, 5) is 14.6. The molecule has 3 rings (SSSR count). The van der Waals surface area contributed by atoms with Crippen molar-refractivity contribution in [3.63, 3.8) is 0 Å². The Labute approximate surface area is 151 Å². The van der Waals surface area contributed by atoms with Crippen LogP contribution in [0.1, 0.15) is 42.7 Å². The van der Waals surface area contributed by atoms with Crippen LogP contribution >= 0.6 is 0 Å². The van der Waals surface area contributed by atoms with Crippen LogP contribution in [0.5, 0.6) is 0 Å². The number of carbonyl (C=O) groups is 1. The monoisotopic (exact) mass is 336 g/mol. The SMILES string of the molecule is O=C(NCCCc1ccccc1)N1CCCCC(c2ccccc2)C1. The predicted molar refractivity (Wildman–Crippen MR) is 103 cm³/mol. The molecule has 1 N–H and O–H groups in total. The molecule has 1 heterocycles. The quantitative estimate of drug-likeness (QED) is 0.795. The summed E-state index contributed by atoms with van der Waals surface area (Å²) < 4.78 is 0. The van der Waals surface area contributed by atoms with Gasteiger partial charge in [-0.25, -0.2) is 4.79 Å². The van der Waals surface area contributed by atoms with Gasteiger partial charge in [0.1, 0.15) is 0 Å². The summed E-state index contributed by atoms with van der Waals surface area (Å²) in [6.45, 7) is 2.43. The topological polar surface area (TPSA) is 32.3 Å². The van der Waals surface area contributed by atoms with Gasteiger partial charge in [-0.05, 0) is 36.8 Å². The average Bonchev–Trinajstić information content (AvgIpc) is 2.93. The van der Waals surface area contributed by atoms with Crippen LogP contribution in [-0.2, 0) is 6.42 Å². The minimum absolute atomic E-state index is 0.0934. The van der Waals surface area contributed by atoms with Gasteiger partial charge in [-0.2, -0.15) is 0 Å². The Hall–Kier alpha value is -2.29. The maximum absolute atomic E-state index is 12.6. The smallest absolute Gasteiger partial charge is 0.317 e. The maximum Gasteiger partial charge on any atom is 0.317 e. The lowest BCUT2D eigenvalue weighted by Crippen LogP contribution is -2.42. The number of likely N-dealkylation sites (tertiary alicyclic amines) is 1. The first kappa shape index (κ1) is 17.5. The second-order valence-electron chi connectivity index (χ2n) is 6.87. The van der Waals surface area contributed by atoms with Gasteiger partial charge in [0.05, 0.1) is 0 Å². The van der Waals surface area contributed by atoms with Crippen molar-refractivity contribution in [3.05, 3.63) is 71.8 Å². The van der Waals surface area contributed by atoms with Crippen LogP contribution in [0.3, 0.4) is 0 Å². The van der Waals surface area contributed by atoms with Crippen molar-refractivity contribution in [1.82, 2.24) is 10.2 Å². The molecule has 3 nitrogen and oxygen atoms in total. The molecule has 0 aromatic heterocycles. The minimum Gasteiger partial charge on any atom is -0.338 e. The number of nitrogens with one attached hydrogen (secondary N) is 1. The van der Waals surface area contributed by atoms with Crippen molar-refractivity contribution >= 4 is 6.03 Å². The van der Waals surface area contributed by atoms with Crippen molar-refractivity contribution in [2.45, 2.75) is 38.0 Å². The number of aryl methyl sites for hydroxylation is 1. The van der Waals surface area contributed by atoms with Gasteiger partial charge in [0.2, 0.25) is 0 Å². The maximum atomic E-state index is 12.6. The first-order valence-corrected chi connectivity index (χ1v) is 9.44. The standard InChI is InChI=1S/C22H28N2O/c25-22(23-16-9-12-19-10-3-1-4-11-19)24-17-8-7-15-21(18-24)20-13-5-2-6-14-20/h1-6,10-11,13-14,21H,7-9,12,15-18H2,(H,23,25). The predicted octanol–water partition coefficient (Wildman–Crippen LogP) is 4.60. The van der Waals surface area contributed by atoms with Gasteiger partial charge >= 0.3 is 6.03 Å². The van der Waals surface area contributed by atoms with Crippen molar-refractivity contribution in [2.75, 3.05) is 19.6 Å². The molecule has 1 aliphatic rings. The summed E-state index contributed by atoms with van der Waals surface area (Å²) in [6, 6.07) is 21.1. The van der Waals surface area contributed by atoms with E-state index in [1.807, 2.05) is 11.0 Å². The highest BCUT2D eigenvalue weighted by atomic mass is 16.2. The minimum atomic E-state index is 0.0934. The van der Waals surface area contributed by atoms with Crippen LogP contribution in [0.2, 0.25) is 0 Å². The molecule has 0 bridgehead atoms. The first-order valence-electron chi connectivity index (χ1n) is 9.44. The van der Waals surface area contributed by atoms with Gasteiger partial charge in [0.15, 0.2) is 0 Å². The third-order valence-corrected chi connectivity index (χ3v) is 4.99. The number of amides is 2. The van der Waals surface area contributed by atoms with Crippen LogP contribution in [0.4, 0.5) is 4.79 Å². The molecule has 25 heavy (non-hydrogen) atoms. The van der Waals surface area contributed by atoms with Gasteiger partial charge in [-0.15, -0.1) is 0 Å². The van der Waals surface area contributed by atoms with Crippen LogP contribution in [0.15, 0.2) is 60.7 Å². The number of hydrogen-bond donors (Lipinski definition) is 1. The molecule has 1 atom stereocenters. The highest BCUT2D eigenvalue weighted by Gasteiger charge is 2.22. The summed E-state index contributed by atoms with van der Waals surface area (Å²) >= 11 is 0. The molecule has 1 saturated heterocycles. The molecule has 3 heteroatoms. The largest absolute Gasteiger partial charge is 0.338 e. The van der Waals surface area contributed by atoms with Gasteiger partial charge in [0.25, 0.3) is 0 Å². The molecule has 132 valence electrons. The number of benzene rings is 2. The van der Waals surface area contributed by atoms with E-state index in [1.54, 1.807) is 0 Å². The Kier molecular flexibility index (Phi) is 6.49. The van der Waals surface area contributed by atoms with E-state index < -0.39 is 0 Å². The Morgan fingerprint density at radius 2 is 1.72 bits per heavy atom. The molecular formula is C22H28N2O. The van der Waals surface area contributed by atoms with Crippen LogP contribution in [0.25, 0.3) is 0 Å². The molecule has 0 saturated carbocycles. The molecule has 2 amide bonds. The Bertz CT molecular complexity index is 642. The number of nitrogens with zero attached hydrogens (tertiary/aromatic N) is 1. The van der Waals surface area contributed by atoms with Crippen molar-refractivity contribution < 1.29 is 4.79 Å². The van der Waals surface area contributed by atoms with E-state index in [0.717, 1.165) is 38.9 Å². The van der Waals surface area contributed by atoms with E-state index in [0.29, 0.717) is 5.92 Å². The van der Waals surface area contributed by atoms with E-state index in [4.69, 9.17) is 0 Å². The highest BCUT2D eigenvalue weighted by molar-refractivity contribution is 5.74. The molecule has 2 aromatic carbocycles. The van der Waals surface area contributed by atoms with E-state index in [2.05, 4.69) is 59.9 Å². The fourth-order valence-electron chi connectivity index (χ4n) is 3.57. The van der Waals surface area contributed by atoms with E-state index in [-0.39, 0.29) is 6.03 Å². The zero-order valence-electron chi connectivity index (χ0n) is 14.9. The fraction of sp³-hybridized carbons (Fsp3) is 0.409. The lowest BCUT2D eigenvalue weighted by atomic mass is 9.94. The molecule has 0 spiro atoms. The summed E-state index contributed by atoms with van der Waals surface area (Å²) in [6.07, 6.45) is 5.44. The van der Waals surface area contributed by atoms with Crippen LogP contribution in [0, 0.1) is 0 Å². The normalized spacial score (nSPS) is 17.8. The summed E-state index contributed by atoms with van der Waals surface area (Å²) in [5.41, 5.74) is 2.68. The Balaban J connectivity index is 1.47. The molecule has 1 aliphatic heterocycles. The summed E-state index contributed by atoms with van der Waals surface area (Å²) in [5, 5.41) is 3.11. The molecule has 1 unspecified atom stereocenters. The summed E-state index contributed by atoms with van der Waals surface area (Å²) in [5.74, 6) is 0.457. The van der Waals surface area contributed by atoms with Crippen molar-refractivity contribution in [1.29, 1.82) is 0 Å². The van der Waals surface area contributed by atoms with E-state index >= 15 is 0 Å². The second kappa shape index (κ2) is 9.26. The third kappa shape index (κ3) is 5.35. The first-order chi connectivity index (χ1) is 12.3. The summed E-state index contributed by atoms with van der Waals surface area (Å²) in [7, 11) is 0. The number of hydrogen-bond acceptors (Lipinski definition) is 1. The lowest BCUT2D eigenvalue weighted by Gasteiger charge is -2.25. The fourth-order valence-corrected chi connectivity index (χ4v) is 3.57. The zero-order chi connectivity index (χ0) is 17.3. The lowest BCUT2D eigenvalue weighted by molar-refractivity contribution is 0.197. The van der Waals surface area contributed by atoms with Gasteiger partial charge in [-0.3, -0.25) is 0 Å². The van der Waals surface area contributed by atoms with Gasteiger partial charge in [0, 0.05) is 25.6 Å². The Morgan fingerprint density at radius 3 is 2.48 bits per heavy atom. The van der Waals surface area contributed by atoms with Crippen LogP contribution < -0.4 is 5.32 Å². The zero-order valence-corrected chi connectivity index (χ0v) is 14.9. The highest BCUT2D eigenvalue weighted by Crippen LogP contribution is 2.26. The molecular weight excluding hydrogens is 308 g/mol. The van der Waals surface area contributed by atoms with E-state index in [1.165, 1.54) is 24.0 Å². The van der Waals surface area contributed by atoms with Crippen molar-refractivity contribution in [2.24, 2.45) is 0 Å². The second-order valence-corrected chi connectivity index (χ2v) is 6.87. The van der Waals surface area contributed by atoms with Gasteiger partial charge in [-0.1, -0.05) is 67.1 Å². The molecule has 1 fully saturated rings. The van der Waals surface area contributed by atoms with Crippen molar-refractivity contribution in [3.8, 4) is 0 Å². The molecule has 0 aliphatic carbocycles. The van der Waals surface area contributed by atoms with E-state index in [9.17, 15) is 4.79 Å². The number of carbonyl (C=O) groups excluding carboxylic acids is 1. The number of rotatable bonds is 5.